The third kappa shape index (κ3) is 6.22. The number of nitrogens with one attached hydrogen (secondary N) is 1. The Balaban J connectivity index is 2.36. The Morgan fingerprint density at radius 1 is 1.24 bits per heavy atom. The number of aromatic nitrogens is 1. The molecule has 0 saturated heterocycles. The number of carbonyl (C=O) groups is 2. The van der Waals surface area contributed by atoms with Crippen LogP contribution >= 0.6 is 0 Å². The standard InChI is InChI=1S/C14H22N4O3/c1-17(2)7-4-8-18(3)14(21)16-10-11-5-6-12(13(19)20)15-9-11/h5-6,9H,4,7-8,10H2,1-3H3,(H,16,21)(H,19,20). The lowest BCUT2D eigenvalue weighted by atomic mass is 10.2. The summed E-state index contributed by atoms with van der Waals surface area (Å²) < 4.78 is 0. The Labute approximate surface area is 124 Å². The third-order valence-electron chi connectivity index (χ3n) is 2.93. The molecule has 2 amide bonds. The van der Waals surface area contributed by atoms with Gasteiger partial charge in [0.05, 0.1) is 0 Å². The highest BCUT2D eigenvalue weighted by Gasteiger charge is 2.08. The van der Waals surface area contributed by atoms with E-state index in [9.17, 15) is 9.59 Å². The number of rotatable bonds is 7. The minimum absolute atomic E-state index is 0.00844. The van der Waals surface area contributed by atoms with E-state index in [2.05, 4.69) is 15.2 Å². The highest BCUT2D eigenvalue weighted by atomic mass is 16.4. The molecule has 0 unspecified atom stereocenters. The summed E-state index contributed by atoms with van der Waals surface area (Å²) in [7, 11) is 5.73. The Morgan fingerprint density at radius 2 is 1.95 bits per heavy atom. The molecular formula is C14H22N4O3. The van der Waals surface area contributed by atoms with E-state index in [1.54, 1.807) is 18.0 Å². The van der Waals surface area contributed by atoms with Crippen LogP contribution < -0.4 is 5.32 Å². The SMILES string of the molecule is CN(C)CCCN(C)C(=O)NCc1ccc(C(=O)O)nc1. The van der Waals surface area contributed by atoms with Gasteiger partial charge in [-0.25, -0.2) is 14.6 Å². The van der Waals surface area contributed by atoms with Gasteiger partial charge in [0, 0.05) is 26.3 Å². The van der Waals surface area contributed by atoms with Crippen molar-refractivity contribution in [3.05, 3.63) is 29.6 Å². The van der Waals surface area contributed by atoms with Crippen LogP contribution in [0.1, 0.15) is 22.5 Å². The predicted octanol–water partition coefficient (Wildman–Crippen LogP) is 0.873. The lowest BCUT2D eigenvalue weighted by molar-refractivity contribution is 0.0690. The molecule has 0 aromatic carbocycles. The average Bonchev–Trinajstić information content (AvgIpc) is 2.44. The smallest absolute Gasteiger partial charge is 0.354 e. The maximum absolute atomic E-state index is 11.9. The number of pyridine rings is 1. The van der Waals surface area contributed by atoms with Gasteiger partial charge in [-0.3, -0.25) is 0 Å². The van der Waals surface area contributed by atoms with Crippen LogP contribution in [-0.2, 0) is 6.54 Å². The molecule has 7 nitrogen and oxygen atoms in total. The lowest BCUT2D eigenvalue weighted by Crippen LogP contribution is -2.38. The number of carbonyl (C=O) groups excluding carboxylic acids is 1. The average molecular weight is 294 g/mol. The molecule has 0 aliphatic carbocycles. The Hall–Kier alpha value is -2.15. The van der Waals surface area contributed by atoms with E-state index in [1.165, 1.54) is 12.3 Å². The van der Waals surface area contributed by atoms with Gasteiger partial charge in [0.15, 0.2) is 0 Å². The van der Waals surface area contributed by atoms with Gasteiger partial charge in [0.1, 0.15) is 5.69 Å². The van der Waals surface area contributed by atoms with Gasteiger partial charge in [0.25, 0.3) is 0 Å². The molecule has 0 saturated carbocycles. The zero-order valence-corrected chi connectivity index (χ0v) is 12.7. The molecule has 0 spiro atoms. The van der Waals surface area contributed by atoms with Crippen molar-refractivity contribution < 1.29 is 14.7 Å². The molecule has 0 fully saturated rings. The van der Waals surface area contributed by atoms with Crippen molar-refractivity contribution in [2.24, 2.45) is 0 Å². The first-order valence-corrected chi connectivity index (χ1v) is 6.72. The molecule has 21 heavy (non-hydrogen) atoms. The molecule has 7 heteroatoms. The number of hydrogen-bond acceptors (Lipinski definition) is 4. The van der Waals surface area contributed by atoms with E-state index >= 15 is 0 Å². The highest BCUT2D eigenvalue weighted by molar-refractivity contribution is 5.85. The second kappa shape index (κ2) is 8.21. The van der Waals surface area contributed by atoms with Crippen LogP contribution in [-0.4, -0.2) is 66.1 Å². The number of nitrogens with zero attached hydrogens (tertiary/aromatic N) is 3. The summed E-state index contributed by atoms with van der Waals surface area (Å²) >= 11 is 0. The first-order valence-electron chi connectivity index (χ1n) is 6.72. The summed E-state index contributed by atoms with van der Waals surface area (Å²) in [5, 5.41) is 11.5. The Kier molecular flexibility index (Phi) is 6.61. The molecule has 1 aromatic heterocycles. The van der Waals surface area contributed by atoms with Crippen LogP contribution in [0.2, 0.25) is 0 Å². The third-order valence-corrected chi connectivity index (χ3v) is 2.93. The van der Waals surface area contributed by atoms with Crippen LogP contribution in [0, 0.1) is 0 Å². The maximum atomic E-state index is 11.9. The second-order valence-corrected chi connectivity index (χ2v) is 5.09. The summed E-state index contributed by atoms with van der Waals surface area (Å²) in [5.41, 5.74) is 0.751. The number of carboxylic acids is 1. The molecule has 1 aromatic rings. The van der Waals surface area contributed by atoms with Crippen molar-refractivity contribution in [1.82, 2.24) is 20.1 Å². The second-order valence-electron chi connectivity index (χ2n) is 5.09. The number of aromatic carboxylic acids is 1. The van der Waals surface area contributed by atoms with Gasteiger partial charge in [-0.15, -0.1) is 0 Å². The van der Waals surface area contributed by atoms with E-state index in [0.717, 1.165) is 18.5 Å². The van der Waals surface area contributed by atoms with E-state index in [0.29, 0.717) is 13.1 Å². The van der Waals surface area contributed by atoms with Crippen LogP contribution in [0.3, 0.4) is 0 Å². The zero-order valence-electron chi connectivity index (χ0n) is 12.7. The summed E-state index contributed by atoms with van der Waals surface area (Å²) in [5.74, 6) is -1.06. The highest BCUT2D eigenvalue weighted by Crippen LogP contribution is 2.00. The molecule has 0 bridgehead atoms. The van der Waals surface area contributed by atoms with Crippen LogP contribution in [0.4, 0.5) is 4.79 Å². The van der Waals surface area contributed by atoms with E-state index in [-0.39, 0.29) is 11.7 Å². The number of amides is 2. The fraction of sp³-hybridized carbons (Fsp3) is 0.500. The van der Waals surface area contributed by atoms with Crippen molar-refractivity contribution in [1.29, 1.82) is 0 Å². The van der Waals surface area contributed by atoms with Gasteiger partial charge >= 0.3 is 12.0 Å². The number of urea groups is 1. The van der Waals surface area contributed by atoms with Crippen molar-refractivity contribution in [3.63, 3.8) is 0 Å². The molecular weight excluding hydrogens is 272 g/mol. The molecule has 2 N–H and O–H groups in total. The summed E-state index contributed by atoms with van der Waals surface area (Å²) in [6, 6.07) is 2.91. The minimum Gasteiger partial charge on any atom is -0.477 e. The van der Waals surface area contributed by atoms with Crippen molar-refractivity contribution >= 4 is 12.0 Å². The normalized spacial score (nSPS) is 10.5. The lowest BCUT2D eigenvalue weighted by Gasteiger charge is -2.19. The topological polar surface area (TPSA) is 85.8 Å². The Morgan fingerprint density at radius 3 is 2.48 bits per heavy atom. The first-order chi connectivity index (χ1) is 9.90. The quantitative estimate of drug-likeness (QED) is 0.779. The summed E-state index contributed by atoms with van der Waals surface area (Å²) in [6.07, 6.45) is 2.36. The van der Waals surface area contributed by atoms with E-state index in [1.807, 2.05) is 14.1 Å². The van der Waals surface area contributed by atoms with Gasteiger partial charge in [-0.05, 0) is 38.7 Å². The minimum atomic E-state index is -1.06. The van der Waals surface area contributed by atoms with Gasteiger partial charge in [-0.2, -0.15) is 0 Å². The van der Waals surface area contributed by atoms with Crippen LogP contribution in [0.15, 0.2) is 18.3 Å². The van der Waals surface area contributed by atoms with Crippen molar-refractivity contribution in [3.8, 4) is 0 Å². The molecule has 116 valence electrons. The van der Waals surface area contributed by atoms with Crippen LogP contribution in [0.25, 0.3) is 0 Å². The predicted molar refractivity (Wildman–Crippen MR) is 79.2 cm³/mol. The zero-order chi connectivity index (χ0) is 15.8. The maximum Gasteiger partial charge on any atom is 0.354 e. The molecule has 0 atom stereocenters. The first kappa shape index (κ1) is 16.9. The molecule has 0 aliphatic rings. The summed E-state index contributed by atoms with van der Waals surface area (Å²) in [4.78, 5) is 30.0. The molecule has 1 heterocycles. The van der Waals surface area contributed by atoms with E-state index in [4.69, 9.17) is 5.11 Å². The molecule has 0 radical (unpaired) electrons. The fourth-order valence-corrected chi connectivity index (χ4v) is 1.69. The molecule has 0 aliphatic heterocycles. The largest absolute Gasteiger partial charge is 0.477 e. The number of carboxylic acid groups (broad SMARTS) is 1. The summed E-state index contributed by atoms with van der Waals surface area (Å²) in [6.45, 7) is 1.93. The van der Waals surface area contributed by atoms with Gasteiger partial charge in [-0.1, -0.05) is 6.07 Å². The van der Waals surface area contributed by atoms with E-state index < -0.39 is 5.97 Å². The fourth-order valence-electron chi connectivity index (χ4n) is 1.69. The number of hydrogen-bond donors (Lipinski definition) is 2. The van der Waals surface area contributed by atoms with Crippen molar-refractivity contribution in [2.75, 3.05) is 34.2 Å². The van der Waals surface area contributed by atoms with Crippen LogP contribution in [0.5, 0.6) is 0 Å². The van der Waals surface area contributed by atoms with Crippen molar-refractivity contribution in [2.45, 2.75) is 13.0 Å². The Bertz CT molecular complexity index is 474. The molecule has 1 rings (SSSR count). The monoisotopic (exact) mass is 294 g/mol. The van der Waals surface area contributed by atoms with Gasteiger partial charge < -0.3 is 20.2 Å². The van der Waals surface area contributed by atoms with Gasteiger partial charge in [0.2, 0.25) is 0 Å².